The van der Waals surface area contributed by atoms with Gasteiger partial charge >= 0.3 is 6.03 Å². The molecule has 1 atom stereocenters. The Labute approximate surface area is 134 Å². The van der Waals surface area contributed by atoms with Crippen molar-refractivity contribution in [2.45, 2.75) is 26.3 Å². The summed E-state index contributed by atoms with van der Waals surface area (Å²) in [6.07, 6.45) is 0.811. The number of amides is 3. The van der Waals surface area contributed by atoms with Gasteiger partial charge in [0.15, 0.2) is 0 Å². The maximum absolute atomic E-state index is 11.6. The lowest BCUT2D eigenvalue weighted by Gasteiger charge is -2.15. The van der Waals surface area contributed by atoms with Crippen LogP contribution in [0, 0.1) is 0 Å². The molecule has 0 fully saturated rings. The molecular weight excluding hydrogens is 313 g/mol. The number of rotatable bonds is 6. The maximum Gasteiger partial charge on any atom is 0.321 e. The smallest absolute Gasteiger partial charge is 0.321 e. The van der Waals surface area contributed by atoms with E-state index in [1.165, 1.54) is 0 Å². The molecule has 1 aromatic carbocycles. The van der Waals surface area contributed by atoms with E-state index < -0.39 is 11.9 Å². The Morgan fingerprint density at radius 3 is 2.62 bits per heavy atom. The van der Waals surface area contributed by atoms with Crippen LogP contribution in [0.4, 0.5) is 4.79 Å². The van der Waals surface area contributed by atoms with Crippen molar-refractivity contribution in [3.63, 3.8) is 0 Å². The van der Waals surface area contributed by atoms with Gasteiger partial charge in [0.25, 0.3) is 0 Å². The fourth-order valence-electron chi connectivity index (χ4n) is 1.66. The highest BCUT2D eigenvalue weighted by molar-refractivity contribution is 6.35. The van der Waals surface area contributed by atoms with Crippen LogP contribution in [0.15, 0.2) is 18.2 Å². The van der Waals surface area contributed by atoms with E-state index in [9.17, 15) is 9.59 Å². The van der Waals surface area contributed by atoms with E-state index in [2.05, 4.69) is 16.0 Å². The van der Waals surface area contributed by atoms with Crippen molar-refractivity contribution in [1.29, 1.82) is 0 Å². The molecule has 0 unspecified atom stereocenters. The topological polar surface area (TPSA) is 70.2 Å². The molecule has 0 saturated carbocycles. The largest absolute Gasteiger partial charge is 0.338 e. The lowest BCUT2D eigenvalue weighted by Crippen LogP contribution is -2.43. The van der Waals surface area contributed by atoms with Gasteiger partial charge in [0.2, 0.25) is 5.91 Å². The van der Waals surface area contributed by atoms with Crippen molar-refractivity contribution in [2.75, 3.05) is 13.1 Å². The molecule has 0 aliphatic carbocycles. The van der Waals surface area contributed by atoms with Crippen LogP contribution in [0.5, 0.6) is 0 Å². The predicted octanol–water partition coefficient (Wildman–Crippen LogP) is 2.88. The number of halogens is 2. The number of urea groups is 1. The molecule has 3 amide bonds. The zero-order chi connectivity index (χ0) is 15.8. The van der Waals surface area contributed by atoms with Crippen molar-refractivity contribution in [2.24, 2.45) is 0 Å². The van der Waals surface area contributed by atoms with E-state index in [1.54, 1.807) is 18.2 Å². The lowest BCUT2D eigenvalue weighted by molar-refractivity contribution is -0.119. The van der Waals surface area contributed by atoms with E-state index >= 15 is 0 Å². The molecule has 1 rings (SSSR count). The van der Waals surface area contributed by atoms with E-state index in [4.69, 9.17) is 23.2 Å². The molecule has 116 valence electrons. The van der Waals surface area contributed by atoms with Crippen molar-refractivity contribution < 1.29 is 9.59 Å². The van der Waals surface area contributed by atoms with Gasteiger partial charge in [-0.25, -0.2) is 4.79 Å². The van der Waals surface area contributed by atoms with Gasteiger partial charge in [0.1, 0.15) is 0 Å². The highest BCUT2D eigenvalue weighted by Crippen LogP contribution is 2.25. The maximum atomic E-state index is 11.6. The number of hydrogen-bond donors (Lipinski definition) is 3. The summed E-state index contributed by atoms with van der Waals surface area (Å²) in [6.45, 7) is 4.35. The summed E-state index contributed by atoms with van der Waals surface area (Å²) in [5, 5.41) is 8.89. The molecule has 0 heterocycles. The van der Waals surface area contributed by atoms with Gasteiger partial charge in [-0.3, -0.25) is 10.1 Å². The minimum atomic E-state index is -0.485. The Kier molecular flexibility index (Phi) is 7.50. The molecule has 0 spiro atoms. The monoisotopic (exact) mass is 331 g/mol. The number of carbonyl (C=O) groups is 2. The molecule has 0 aliphatic rings. The Morgan fingerprint density at radius 2 is 2.00 bits per heavy atom. The Morgan fingerprint density at radius 1 is 1.29 bits per heavy atom. The Bertz CT molecular complexity index is 509. The number of imide groups is 1. The number of carbonyl (C=O) groups excluding carboxylic acids is 2. The molecule has 5 nitrogen and oxygen atoms in total. The van der Waals surface area contributed by atoms with Crippen molar-refractivity contribution in [3.05, 3.63) is 33.8 Å². The third-order valence-electron chi connectivity index (χ3n) is 2.79. The first-order chi connectivity index (χ1) is 9.93. The van der Waals surface area contributed by atoms with Gasteiger partial charge in [-0.1, -0.05) is 36.2 Å². The lowest BCUT2D eigenvalue weighted by atomic mass is 10.1. The SMILES string of the molecule is CCCNC(=O)NC(=O)CN[C@@H](C)c1ccc(Cl)cc1Cl. The van der Waals surface area contributed by atoms with Gasteiger partial charge in [-0.2, -0.15) is 0 Å². The molecule has 1 aromatic rings. The normalized spacial score (nSPS) is 11.8. The first-order valence-electron chi connectivity index (χ1n) is 6.70. The van der Waals surface area contributed by atoms with Gasteiger partial charge in [0, 0.05) is 22.6 Å². The summed E-state index contributed by atoms with van der Waals surface area (Å²) < 4.78 is 0. The van der Waals surface area contributed by atoms with Gasteiger partial charge in [-0.05, 0) is 31.0 Å². The molecule has 0 bridgehead atoms. The Balaban J connectivity index is 2.43. The van der Waals surface area contributed by atoms with E-state index in [1.807, 2.05) is 13.8 Å². The second-order valence-corrected chi connectivity index (χ2v) is 5.42. The second-order valence-electron chi connectivity index (χ2n) is 4.57. The summed E-state index contributed by atoms with van der Waals surface area (Å²) >= 11 is 11.9. The Hall–Kier alpha value is -1.30. The third kappa shape index (κ3) is 6.33. The molecule has 0 saturated heterocycles. The predicted molar refractivity (Wildman–Crippen MR) is 84.7 cm³/mol. The second kappa shape index (κ2) is 8.87. The summed E-state index contributed by atoms with van der Waals surface area (Å²) in [7, 11) is 0. The minimum Gasteiger partial charge on any atom is -0.338 e. The van der Waals surface area contributed by atoms with E-state index in [-0.39, 0.29) is 12.6 Å². The van der Waals surface area contributed by atoms with Gasteiger partial charge < -0.3 is 10.6 Å². The summed E-state index contributed by atoms with van der Waals surface area (Å²) in [5.74, 6) is -0.402. The standard InChI is InChI=1S/C14H19Cl2N3O2/c1-3-6-17-14(21)19-13(20)8-18-9(2)11-5-4-10(15)7-12(11)16/h4-5,7,9,18H,3,6,8H2,1-2H3,(H2,17,19,20,21)/t9-/m0/s1. The summed E-state index contributed by atoms with van der Waals surface area (Å²) in [4.78, 5) is 22.9. The quantitative estimate of drug-likeness (QED) is 0.750. The van der Waals surface area contributed by atoms with Crippen molar-refractivity contribution >= 4 is 35.1 Å². The molecule has 0 aliphatic heterocycles. The van der Waals surface area contributed by atoms with Crippen LogP contribution in [-0.4, -0.2) is 25.0 Å². The van der Waals surface area contributed by atoms with Crippen molar-refractivity contribution in [1.82, 2.24) is 16.0 Å². The zero-order valence-corrected chi connectivity index (χ0v) is 13.5. The van der Waals surface area contributed by atoms with Crippen molar-refractivity contribution in [3.8, 4) is 0 Å². The van der Waals surface area contributed by atoms with Crippen LogP contribution in [0.25, 0.3) is 0 Å². The molecule has 0 aromatic heterocycles. The number of nitrogens with one attached hydrogen (secondary N) is 3. The molecular formula is C14H19Cl2N3O2. The van der Waals surface area contributed by atoms with Crippen LogP contribution in [0.1, 0.15) is 31.9 Å². The van der Waals surface area contributed by atoms with E-state index in [0.29, 0.717) is 16.6 Å². The van der Waals surface area contributed by atoms with Crippen LogP contribution < -0.4 is 16.0 Å². The highest BCUT2D eigenvalue weighted by Gasteiger charge is 2.12. The highest BCUT2D eigenvalue weighted by atomic mass is 35.5. The number of hydrogen-bond acceptors (Lipinski definition) is 3. The summed E-state index contributed by atoms with van der Waals surface area (Å²) in [5.41, 5.74) is 0.837. The fourth-order valence-corrected chi connectivity index (χ4v) is 2.23. The van der Waals surface area contributed by atoms with Gasteiger partial charge in [0.05, 0.1) is 6.54 Å². The number of benzene rings is 1. The summed E-state index contributed by atoms with van der Waals surface area (Å²) in [6, 6.07) is 4.56. The van der Waals surface area contributed by atoms with E-state index in [0.717, 1.165) is 12.0 Å². The first kappa shape index (κ1) is 17.8. The van der Waals surface area contributed by atoms with Gasteiger partial charge in [-0.15, -0.1) is 0 Å². The minimum absolute atomic E-state index is 0.0136. The molecule has 3 N–H and O–H groups in total. The third-order valence-corrected chi connectivity index (χ3v) is 3.35. The van der Waals surface area contributed by atoms with Crippen LogP contribution >= 0.6 is 23.2 Å². The molecule has 0 radical (unpaired) electrons. The zero-order valence-electron chi connectivity index (χ0n) is 12.0. The average Bonchev–Trinajstić information content (AvgIpc) is 2.42. The molecule has 7 heteroatoms. The van der Waals surface area contributed by atoms with Crippen LogP contribution in [-0.2, 0) is 4.79 Å². The first-order valence-corrected chi connectivity index (χ1v) is 7.45. The van der Waals surface area contributed by atoms with Crippen LogP contribution in [0.3, 0.4) is 0 Å². The average molecular weight is 332 g/mol. The fraction of sp³-hybridized carbons (Fsp3) is 0.429. The molecule has 21 heavy (non-hydrogen) atoms. The van der Waals surface area contributed by atoms with Crippen LogP contribution in [0.2, 0.25) is 10.0 Å².